The Morgan fingerprint density at radius 2 is 1.92 bits per heavy atom. The Hall–Kier alpha value is -2.18. The summed E-state index contributed by atoms with van der Waals surface area (Å²) in [5.41, 5.74) is 7.16. The number of rotatable bonds is 3. The number of halogens is 3. The number of para-hydroxylation sites is 1. The molecule has 1 atom stereocenters. The number of fused-ring (bicyclic) bond motifs is 1. The Labute approximate surface area is 151 Å². The zero-order valence-electron chi connectivity index (χ0n) is 13.5. The molecule has 25 heavy (non-hydrogen) atoms. The van der Waals surface area contributed by atoms with Crippen LogP contribution < -0.4 is 15.4 Å². The standard InChI is InChI=1S/C18H18F2N2O2.ClH/c19-13-7-5-12(6-8-13)15(21)11-17(23)22-9-2-10-24-18-14(20)3-1-4-16(18)22;/h1,3-8,15H,2,9-11,21H2;1H/t15-;/m0./s1. The van der Waals surface area contributed by atoms with Crippen molar-refractivity contribution in [3.05, 3.63) is 59.7 Å². The van der Waals surface area contributed by atoms with E-state index in [1.165, 1.54) is 23.1 Å². The van der Waals surface area contributed by atoms with E-state index in [0.717, 1.165) is 0 Å². The lowest BCUT2D eigenvalue weighted by Gasteiger charge is -2.23. The predicted molar refractivity (Wildman–Crippen MR) is 94.1 cm³/mol. The molecule has 1 heterocycles. The Balaban J connectivity index is 0.00000225. The quantitative estimate of drug-likeness (QED) is 0.900. The highest BCUT2D eigenvalue weighted by Gasteiger charge is 2.25. The van der Waals surface area contributed by atoms with Gasteiger partial charge in [-0.15, -0.1) is 12.4 Å². The molecule has 1 amide bonds. The van der Waals surface area contributed by atoms with E-state index >= 15 is 0 Å². The minimum atomic E-state index is -0.556. The fourth-order valence-electron chi connectivity index (χ4n) is 2.76. The summed E-state index contributed by atoms with van der Waals surface area (Å²) in [5.74, 6) is -0.968. The summed E-state index contributed by atoms with van der Waals surface area (Å²) in [6.45, 7) is 0.785. The lowest BCUT2D eigenvalue weighted by atomic mass is 10.0. The molecule has 1 aliphatic rings. The molecule has 0 saturated carbocycles. The third kappa shape index (κ3) is 4.27. The van der Waals surface area contributed by atoms with Crippen molar-refractivity contribution in [2.75, 3.05) is 18.1 Å². The fourth-order valence-corrected chi connectivity index (χ4v) is 2.76. The fraction of sp³-hybridized carbons (Fsp3) is 0.278. The molecule has 3 rings (SSSR count). The van der Waals surface area contributed by atoms with Crippen molar-refractivity contribution in [2.45, 2.75) is 18.9 Å². The van der Waals surface area contributed by atoms with Gasteiger partial charge in [-0.05, 0) is 36.2 Å². The summed E-state index contributed by atoms with van der Waals surface area (Å²) < 4.78 is 32.3. The molecule has 0 aliphatic carbocycles. The number of ether oxygens (including phenoxy) is 1. The first-order chi connectivity index (χ1) is 11.6. The van der Waals surface area contributed by atoms with Crippen LogP contribution in [0, 0.1) is 11.6 Å². The van der Waals surface area contributed by atoms with Gasteiger partial charge in [0.2, 0.25) is 5.91 Å². The number of carbonyl (C=O) groups is 1. The summed E-state index contributed by atoms with van der Waals surface area (Å²) in [6, 6.07) is 9.69. The highest BCUT2D eigenvalue weighted by Crippen LogP contribution is 2.34. The first-order valence-electron chi connectivity index (χ1n) is 7.79. The van der Waals surface area contributed by atoms with Gasteiger partial charge in [-0.25, -0.2) is 8.78 Å². The number of anilines is 1. The van der Waals surface area contributed by atoms with Crippen molar-refractivity contribution in [3.63, 3.8) is 0 Å². The van der Waals surface area contributed by atoms with E-state index in [9.17, 15) is 13.6 Å². The van der Waals surface area contributed by atoms with Crippen LogP contribution >= 0.6 is 12.4 Å². The molecule has 1 aliphatic heterocycles. The molecule has 0 bridgehead atoms. The number of amides is 1. The minimum absolute atomic E-state index is 0. The Bertz CT molecular complexity index is 740. The second kappa shape index (κ2) is 8.27. The summed E-state index contributed by atoms with van der Waals surface area (Å²) in [6.07, 6.45) is 0.646. The second-order valence-corrected chi connectivity index (χ2v) is 5.70. The van der Waals surface area contributed by atoms with Crippen LogP contribution in [0.3, 0.4) is 0 Å². The van der Waals surface area contributed by atoms with Crippen molar-refractivity contribution < 1.29 is 18.3 Å². The molecule has 0 unspecified atom stereocenters. The first kappa shape index (κ1) is 19.1. The third-order valence-corrected chi connectivity index (χ3v) is 4.00. The lowest BCUT2D eigenvalue weighted by Crippen LogP contribution is -2.33. The molecule has 134 valence electrons. The van der Waals surface area contributed by atoms with E-state index in [0.29, 0.717) is 30.8 Å². The molecule has 0 saturated heterocycles. The third-order valence-electron chi connectivity index (χ3n) is 4.00. The van der Waals surface area contributed by atoms with E-state index in [-0.39, 0.29) is 36.3 Å². The van der Waals surface area contributed by atoms with Crippen molar-refractivity contribution >= 4 is 24.0 Å². The average Bonchev–Trinajstić information content (AvgIpc) is 2.79. The maximum Gasteiger partial charge on any atom is 0.229 e. The zero-order valence-corrected chi connectivity index (χ0v) is 14.3. The molecule has 2 aromatic rings. The van der Waals surface area contributed by atoms with Crippen LogP contribution in [-0.2, 0) is 4.79 Å². The van der Waals surface area contributed by atoms with Gasteiger partial charge < -0.3 is 15.4 Å². The smallest absolute Gasteiger partial charge is 0.229 e. The van der Waals surface area contributed by atoms with Gasteiger partial charge in [0.1, 0.15) is 5.82 Å². The van der Waals surface area contributed by atoms with Gasteiger partial charge >= 0.3 is 0 Å². The SMILES string of the molecule is Cl.N[C@@H](CC(=O)N1CCCOc2c(F)cccc21)c1ccc(F)cc1. The lowest BCUT2D eigenvalue weighted by molar-refractivity contribution is -0.119. The van der Waals surface area contributed by atoms with Gasteiger partial charge in [0.15, 0.2) is 11.6 Å². The topological polar surface area (TPSA) is 55.6 Å². The zero-order chi connectivity index (χ0) is 17.1. The minimum Gasteiger partial charge on any atom is -0.488 e. The van der Waals surface area contributed by atoms with Crippen molar-refractivity contribution in [2.24, 2.45) is 5.73 Å². The van der Waals surface area contributed by atoms with Crippen LogP contribution in [0.15, 0.2) is 42.5 Å². The molecule has 0 radical (unpaired) electrons. The Morgan fingerprint density at radius 3 is 2.64 bits per heavy atom. The number of carbonyl (C=O) groups excluding carboxylic acids is 1. The largest absolute Gasteiger partial charge is 0.488 e. The first-order valence-corrected chi connectivity index (χ1v) is 7.79. The number of hydrogen-bond acceptors (Lipinski definition) is 3. The number of hydrogen-bond donors (Lipinski definition) is 1. The molecule has 2 N–H and O–H groups in total. The molecule has 4 nitrogen and oxygen atoms in total. The van der Waals surface area contributed by atoms with Crippen LogP contribution in [0.4, 0.5) is 14.5 Å². The number of benzene rings is 2. The highest BCUT2D eigenvalue weighted by atomic mass is 35.5. The summed E-state index contributed by atoms with van der Waals surface area (Å²) in [7, 11) is 0. The van der Waals surface area contributed by atoms with E-state index in [1.807, 2.05) is 0 Å². The maximum atomic E-state index is 13.9. The summed E-state index contributed by atoms with van der Waals surface area (Å²) in [5, 5.41) is 0. The molecule has 2 aromatic carbocycles. The van der Waals surface area contributed by atoms with E-state index in [2.05, 4.69) is 0 Å². The molecule has 0 spiro atoms. The van der Waals surface area contributed by atoms with Gasteiger partial charge in [-0.1, -0.05) is 18.2 Å². The van der Waals surface area contributed by atoms with Gasteiger partial charge in [-0.2, -0.15) is 0 Å². The van der Waals surface area contributed by atoms with Crippen molar-refractivity contribution in [3.8, 4) is 5.75 Å². The van der Waals surface area contributed by atoms with Crippen LogP contribution in [0.1, 0.15) is 24.4 Å². The predicted octanol–water partition coefficient (Wildman–Crippen LogP) is 3.59. The Kier molecular flexibility index (Phi) is 6.33. The number of nitrogens with two attached hydrogens (primary N) is 1. The van der Waals surface area contributed by atoms with Crippen LogP contribution in [-0.4, -0.2) is 19.1 Å². The van der Waals surface area contributed by atoms with Crippen molar-refractivity contribution in [1.29, 1.82) is 0 Å². The molecule has 0 fully saturated rings. The molecular formula is C18H19ClF2N2O2. The van der Waals surface area contributed by atoms with E-state index in [1.54, 1.807) is 24.3 Å². The number of nitrogens with zero attached hydrogens (tertiary/aromatic N) is 1. The average molecular weight is 369 g/mol. The normalized spacial score (nSPS) is 14.6. The summed E-state index contributed by atoms with van der Waals surface area (Å²) >= 11 is 0. The van der Waals surface area contributed by atoms with Gasteiger partial charge in [-0.3, -0.25) is 4.79 Å². The van der Waals surface area contributed by atoms with Crippen LogP contribution in [0.5, 0.6) is 5.75 Å². The highest BCUT2D eigenvalue weighted by molar-refractivity contribution is 5.95. The van der Waals surface area contributed by atoms with Crippen LogP contribution in [0.25, 0.3) is 0 Å². The van der Waals surface area contributed by atoms with Gasteiger partial charge in [0.25, 0.3) is 0 Å². The van der Waals surface area contributed by atoms with Crippen LogP contribution in [0.2, 0.25) is 0 Å². The molecule has 7 heteroatoms. The van der Waals surface area contributed by atoms with Gasteiger partial charge in [0, 0.05) is 19.0 Å². The Morgan fingerprint density at radius 1 is 1.20 bits per heavy atom. The van der Waals surface area contributed by atoms with Crippen molar-refractivity contribution in [1.82, 2.24) is 0 Å². The van der Waals surface area contributed by atoms with E-state index < -0.39 is 11.9 Å². The molecule has 0 aromatic heterocycles. The second-order valence-electron chi connectivity index (χ2n) is 5.70. The van der Waals surface area contributed by atoms with E-state index in [4.69, 9.17) is 10.5 Å². The summed E-state index contributed by atoms with van der Waals surface area (Å²) in [4.78, 5) is 14.2. The van der Waals surface area contributed by atoms with Gasteiger partial charge in [0.05, 0.1) is 12.3 Å². The maximum absolute atomic E-state index is 13.9. The molecular weight excluding hydrogens is 350 g/mol. The monoisotopic (exact) mass is 368 g/mol.